The second-order valence-corrected chi connectivity index (χ2v) is 6.75. The molecule has 1 heterocycles. The fraction of sp³-hybridized carbons (Fsp3) is 0.615. The summed E-state index contributed by atoms with van der Waals surface area (Å²) in [7, 11) is 4.32. The van der Waals surface area contributed by atoms with Crippen molar-refractivity contribution in [3.63, 3.8) is 0 Å². The van der Waals surface area contributed by atoms with Gasteiger partial charge in [-0.2, -0.15) is 0 Å². The Labute approximate surface area is 127 Å². The topological polar surface area (TPSA) is 28.2 Å². The molecule has 0 bridgehead atoms. The van der Waals surface area contributed by atoms with E-state index in [1.165, 1.54) is 25.7 Å². The summed E-state index contributed by atoms with van der Waals surface area (Å²) in [5, 5.41) is 4.08. The van der Waals surface area contributed by atoms with Crippen LogP contribution in [-0.2, 0) is 0 Å². The lowest BCUT2D eigenvalue weighted by Crippen LogP contribution is -2.38. The molecule has 18 heavy (non-hydrogen) atoms. The maximum atomic E-state index is 5.98. The summed E-state index contributed by atoms with van der Waals surface area (Å²) < 4.78 is 1.12. The fourth-order valence-electron chi connectivity index (χ4n) is 2.51. The van der Waals surface area contributed by atoms with E-state index in [9.17, 15) is 0 Å². The van der Waals surface area contributed by atoms with Crippen molar-refractivity contribution < 1.29 is 0 Å². The van der Waals surface area contributed by atoms with Crippen LogP contribution in [0.15, 0.2) is 12.1 Å². The van der Waals surface area contributed by atoms with Gasteiger partial charge in [-0.05, 0) is 74.5 Å². The molecule has 1 N–H and O–H groups in total. The van der Waals surface area contributed by atoms with Crippen LogP contribution in [0.3, 0.4) is 0 Å². The van der Waals surface area contributed by atoms with E-state index in [0.717, 1.165) is 9.39 Å². The maximum absolute atomic E-state index is 5.98. The molecule has 0 spiro atoms. The molecule has 3 nitrogen and oxygen atoms in total. The van der Waals surface area contributed by atoms with Gasteiger partial charge in [-0.1, -0.05) is 11.6 Å². The molecule has 0 saturated heterocycles. The van der Waals surface area contributed by atoms with Gasteiger partial charge in [0.15, 0.2) is 0 Å². The van der Waals surface area contributed by atoms with Crippen molar-refractivity contribution in [2.75, 3.05) is 19.4 Å². The Bertz CT molecular complexity index is 391. The predicted molar refractivity (Wildman–Crippen MR) is 85.3 cm³/mol. The predicted octanol–water partition coefficient (Wildman–Crippen LogP) is 3.62. The van der Waals surface area contributed by atoms with E-state index in [0.29, 0.717) is 17.2 Å². The third kappa shape index (κ3) is 3.96. The van der Waals surface area contributed by atoms with Crippen molar-refractivity contribution in [1.29, 1.82) is 0 Å². The standard InChI is InChI=1S/C13H19ClIN3/c1-18(2)11-5-3-4-10(8-11)16-13-7-9(15)6-12(14)17-13/h6-7,10-11H,3-5,8H2,1-2H3,(H,16,17). The third-order valence-electron chi connectivity index (χ3n) is 3.49. The van der Waals surface area contributed by atoms with E-state index < -0.39 is 0 Å². The highest BCUT2D eigenvalue weighted by Crippen LogP contribution is 2.25. The first-order valence-corrected chi connectivity index (χ1v) is 7.76. The highest BCUT2D eigenvalue weighted by molar-refractivity contribution is 14.1. The first-order chi connectivity index (χ1) is 8.54. The summed E-state index contributed by atoms with van der Waals surface area (Å²) in [4.78, 5) is 6.66. The first kappa shape index (κ1) is 14.3. The largest absolute Gasteiger partial charge is 0.367 e. The summed E-state index contributed by atoms with van der Waals surface area (Å²) in [5.74, 6) is 0.899. The van der Waals surface area contributed by atoms with Gasteiger partial charge in [0.1, 0.15) is 11.0 Å². The molecule has 0 aliphatic heterocycles. The molecule has 0 amide bonds. The van der Waals surface area contributed by atoms with E-state index >= 15 is 0 Å². The number of anilines is 1. The first-order valence-electron chi connectivity index (χ1n) is 6.30. The molecule has 5 heteroatoms. The number of halogens is 2. The van der Waals surface area contributed by atoms with Gasteiger partial charge in [-0.25, -0.2) is 4.98 Å². The minimum atomic E-state index is 0.507. The zero-order chi connectivity index (χ0) is 13.1. The van der Waals surface area contributed by atoms with Crippen molar-refractivity contribution in [3.05, 3.63) is 20.9 Å². The highest BCUT2D eigenvalue weighted by Gasteiger charge is 2.23. The van der Waals surface area contributed by atoms with Gasteiger partial charge in [0.25, 0.3) is 0 Å². The van der Waals surface area contributed by atoms with E-state index in [1.807, 2.05) is 12.1 Å². The van der Waals surface area contributed by atoms with Crippen molar-refractivity contribution in [3.8, 4) is 0 Å². The van der Waals surface area contributed by atoms with Crippen LogP contribution in [0.5, 0.6) is 0 Å². The van der Waals surface area contributed by atoms with Crippen LogP contribution in [-0.4, -0.2) is 36.1 Å². The third-order valence-corrected chi connectivity index (χ3v) is 4.30. The van der Waals surface area contributed by atoms with Gasteiger partial charge in [0.2, 0.25) is 0 Å². The zero-order valence-corrected chi connectivity index (χ0v) is 13.7. The second kappa shape index (κ2) is 6.39. The van der Waals surface area contributed by atoms with Crippen molar-refractivity contribution >= 4 is 40.0 Å². The summed E-state index contributed by atoms with van der Waals surface area (Å²) in [6.45, 7) is 0. The van der Waals surface area contributed by atoms with Crippen LogP contribution in [0.4, 0.5) is 5.82 Å². The lowest BCUT2D eigenvalue weighted by atomic mass is 9.90. The molecule has 1 saturated carbocycles. The molecule has 1 aromatic rings. The number of rotatable bonds is 3. The summed E-state index contributed by atoms with van der Waals surface area (Å²) in [6.07, 6.45) is 4.97. The van der Waals surface area contributed by atoms with E-state index in [4.69, 9.17) is 11.6 Å². The minimum Gasteiger partial charge on any atom is -0.367 e. The van der Waals surface area contributed by atoms with Gasteiger partial charge >= 0.3 is 0 Å². The van der Waals surface area contributed by atoms with Crippen LogP contribution in [0, 0.1) is 3.57 Å². The maximum Gasteiger partial charge on any atom is 0.132 e. The number of nitrogens with zero attached hydrogens (tertiary/aromatic N) is 2. The number of nitrogens with one attached hydrogen (secondary N) is 1. The molecule has 1 aliphatic carbocycles. The van der Waals surface area contributed by atoms with Gasteiger partial charge in [-0.3, -0.25) is 0 Å². The van der Waals surface area contributed by atoms with Gasteiger partial charge in [-0.15, -0.1) is 0 Å². The number of aromatic nitrogens is 1. The lowest BCUT2D eigenvalue weighted by Gasteiger charge is -2.34. The molecule has 2 rings (SSSR count). The van der Waals surface area contributed by atoms with E-state index in [1.54, 1.807) is 0 Å². The number of hydrogen-bond acceptors (Lipinski definition) is 3. The van der Waals surface area contributed by atoms with Crippen LogP contribution in [0.1, 0.15) is 25.7 Å². The molecule has 0 aromatic carbocycles. The number of hydrogen-bond donors (Lipinski definition) is 1. The quantitative estimate of drug-likeness (QED) is 0.642. The summed E-state index contributed by atoms with van der Waals surface area (Å²) in [6, 6.07) is 5.10. The second-order valence-electron chi connectivity index (χ2n) is 5.12. The molecular formula is C13H19ClIN3. The molecule has 100 valence electrons. The van der Waals surface area contributed by atoms with Crippen LogP contribution >= 0.6 is 34.2 Å². The van der Waals surface area contributed by atoms with E-state index in [2.05, 4.69) is 51.9 Å². The average Bonchev–Trinajstić information content (AvgIpc) is 2.27. The molecular weight excluding hydrogens is 361 g/mol. The molecule has 1 aliphatic rings. The molecule has 2 atom stereocenters. The van der Waals surface area contributed by atoms with Gasteiger partial charge < -0.3 is 10.2 Å². The normalized spacial score (nSPS) is 24.3. The highest BCUT2D eigenvalue weighted by atomic mass is 127. The summed E-state index contributed by atoms with van der Waals surface area (Å²) in [5.41, 5.74) is 0. The zero-order valence-electron chi connectivity index (χ0n) is 10.8. The van der Waals surface area contributed by atoms with E-state index in [-0.39, 0.29) is 0 Å². The Morgan fingerprint density at radius 1 is 1.39 bits per heavy atom. The van der Waals surface area contributed by atoms with Crippen LogP contribution in [0.25, 0.3) is 0 Å². The van der Waals surface area contributed by atoms with Crippen LogP contribution < -0.4 is 5.32 Å². The minimum absolute atomic E-state index is 0.507. The molecule has 2 unspecified atom stereocenters. The van der Waals surface area contributed by atoms with Crippen molar-refractivity contribution in [2.24, 2.45) is 0 Å². The van der Waals surface area contributed by atoms with Crippen LogP contribution in [0.2, 0.25) is 5.15 Å². The lowest BCUT2D eigenvalue weighted by molar-refractivity contribution is 0.219. The molecule has 1 aromatic heterocycles. The SMILES string of the molecule is CN(C)C1CCCC(Nc2cc(I)cc(Cl)n2)C1. The van der Waals surface area contributed by atoms with Crippen molar-refractivity contribution in [2.45, 2.75) is 37.8 Å². The smallest absolute Gasteiger partial charge is 0.132 e. The molecule has 1 fully saturated rings. The van der Waals surface area contributed by atoms with Gasteiger partial charge in [0.05, 0.1) is 0 Å². The Hall–Kier alpha value is -0.0700. The Morgan fingerprint density at radius 3 is 2.83 bits per heavy atom. The van der Waals surface area contributed by atoms with Gasteiger partial charge in [0, 0.05) is 15.7 Å². The summed E-state index contributed by atoms with van der Waals surface area (Å²) >= 11 is 8.25. The fourth-order valence-corrected chi connectivity index (χ4v) is 3.50. The van der Waals surface area contributed by atoms with Crippen molar-refractivity contribution in [1.82, 2.24) is 9.88 Å². The Kier molecular flexibility index (Phi) is 5.09. The molecule has 0 radical (unpaired) electrons. The number of pyridine rings is 1. The Balaban J connectivity index is 2.00. The Morgan fingerprint density at radius 2 is 2.17 bits per heavy atom. The average molecular weight is 380 g/mol. The monoisotopic (exact) mass is 379 g/mol.